The molecule has 0 aliphatic heterocycles. The van der Waals surface area contributed by atoms with Crippen LogP contribution in [0.25, 0.3) is 0 Å². The first-order valence-corrected chi connectivity index (χ1v) is 6.54. The molecule has 2 unspecified atom stereocenters. The highest BCUT2D eigenvalue weighted by Crippen LogP contribution is 2.29. The van der Waals surface area contributed by atoms with Crippen LogP contribution in [0.5, 0.6) is 0 Å². The Bertz CT molecular complexity index is 362. The number of rotatable bonds is 3. The monoisotopic (exact) mass is 233 g/mol. The van der Waals surface area contributed by atoms with Gasteiger partial charge in [0.05, 0.1) is 17.6 Å². The standard InChI is InChI=1S/C14H23N3/c1-11-5-4-6-12(9-11)16-13-10-15-8-7-14(13)17(2)3/h7-8,10-12,16H,4-6,9H2,1-3H3. The largest absolute Gasteiger partial charge is 0.379 e. The van der Waals surface area contributed by atoms with Crippen LogP contribution in [0.3, 0.4) is 0 Å². The molecule has 3 heteroatoms. The van der Waals surface area contributed by atoms with Crippen LogP contribution in [0.4, 0.5) is 11.4 Å². The van der Waals surface area contributed by atoms with Crippen molar-refractivity contribution < 1.29 is 0 Å². The Balaban J connectivity index is 2.07. The number of anilines is 2. The Morgan fingerprint density at radius 3 is 2.88 bits per heavy atom. The molecule has 17 heavy (non-hydrogen) atoms. The van der Waals surface area contributed by atoms with E-state index in [1.54, 1.807) is 0 Å². The van der Waals surface area contributed by atoms with E-state index in [1.165, 1.54) is 31.4 Å². The highest BCUT2D eigenvalue weighted by atomic mass is 15.1. The van der Waals surface area contributed by atoms with Crippen LogP contribution in [-0.2, 0) is 0 Å². The average Bonchev–Trinajstić information content (AvgIpc) is 2.29. The molecule has 1 N–H and O–H groups in total. The molecule has 0 aromatic carbocycles. The maximum Gasteiger partial charge on any atom is 0.0766 e. The van der Waals surface area contributed by atoms with E-state index in [4.69, 9.17) is 0 Å². The highest BCUT2D eigenvalue weighted by Gasteiger charge is 2.19. The van der Waals surface area contributed by atoms with Crippen molar-refractivity contribution in [1.82, 2.24) is 4.98 Å². The minimum absolute atomic E-state index is 0.613. The quantitative estimate of drug-likeness (QED) is 0.869. The molecule has 0 amide bonds. The van der Waals surface area contributed by atoms with E-state index in [0.717, 1.165) is 11.6 Å². The lowest BCUT2D eigenvalue weighted by atomic mass is 9.87. The predicted octanol–water partition coefficient (Wildman–Crippen LogP) is 3.14. The van der Waals surface area contributed by atoms with Gasteiger partial charge < -0.3 is 10.2 Å². The summed E-state index contributed by atoms with van der Waals surface area (Å²) in [5, 5.41) is 3.66. The van der Waals surface area contributed by atoms with Gasteiger partial charge >= 0.3 is 0 Å². The van der Waals surface area contributed by atoms with E-state index in [1.807, 2.05) is 12.4 Å². The van der Waals surface area contributed by atoms with Gasteiger partial charge in [-0.1, -0.05) is 19.8 Å². The fraction of sp³-hybridized carbons (Fsp3) is 0.643. The van der Waals surface area contributed by atoms with Crippen LogP contribution < -0.4 is 10.2 Å². The highest BCUT2D eigenvalue weighted by molar-refractivity contribution is 5.68. The average molecular weight is 233 g/mol. The third kappa shape index (κ3) is 3.11. The van der Waals surface area contributed by atoms with Gasteiger partial charge in [-0.25, -0.2) is 0 Å². The SMILES string of the molecule is CC1CCCC(Nc2cnccc2N(C)C)C1. The zero-order chi connectivity index (χ0) is 12.3. The molecule has 1 aliphatic carbocycles. The molecule has 94 valence electrons. The maximum absolute atomic E-state index is 4.22. The number of nitrogens with zero attached hydrogens (tertiary/aromatic N) is 2. The Kier molecular flexibility index (Phi) is 3.87. The smallest absolute Gasteiger partial charge is 0.0766 e. The zero-order valence-corrected chi connectivity index (χ0v) is 11.1. The summed E-state index contributed by atoms with van der Waals surface area (Å²) in [5.74, 6) is 0.848. The van der Waals surface area contributed by atoms with Crippen molar-refractivity contribution in [2.24, 2.45) is 5.92 Å². The molecule has 2 rings (SSSR count). The predicted molar refractivity (Wildman–Crippen MR) is 73.6 cm³/mol. The van der Waals surface area contributed by atoms with Gasteiger partial charge in [-0.05, 0) is 24.8 Å². The zero-order valence-electron chi connectivity index (χ0n) is 11.1. The minimum Gasteiger partial charge on any atom is -0.379 e. The van der Waals surface area contributed by atoms with Gasteiger partial charge in [0.15, 0.2) is 0 Å². The van der Waals surface area contributed by atoms with Crippen molar-refractivity contribution in [3.05, 3.63) is 18.5 Å². The molecule has 0 radical (unpaired) electrons. The fourth-order valence-corrected chi connectivity index (χ4v) is 2.67. The van der Waals surface area contributed by atoms with Crippen LogP contribution >= 0.6 is 0 Å². The van der Waals surface area contributed by atoms with E-state index < -0.39 is 0 Å². The molecule has 3 nitrogen and oxygen atoms in total. The van der Waals surface area contributed by atoms with Crippen LogP contribution in [-0.4, -0.2) is 25.1 Å². The second-order valence-electron chi connectivity index (χ2n) is 5.40. The van der Waals surface area contributed by atoms with Gasteiger partial charge in [0, 0.05) is 26.3 Å². The number of nitrogens with one attached hydrogen (secondary N) is 1. The van der Waals surface area contributed by atoms with E-state index >= 15 is 0 Å². The summed E-state index contributed by atoms with van der Waals surface area (Å²) >= 11 is 0. The topological polar surface area (TPSA) is 28.2 Å². The third-order valence-electron chi connectivity index (χ3n) is 3.58. The summed E-state index contributed by atoms with van der Waals surface area (Å²) in [6.45, 7) is 2.35. The Hall–Kier alpha value is -1.25. The summed E-state index contributed by atoms with van der Waals surface area (Å²) in [5.41, 5.74) is 2.38. The Morgan fingerprint density at radius 1 is 1.35 bits per heavy atom. The number of aromatic nitrogens is 1. The van der Waals surface area contributed by atoms with Crippen LogP contribution in [0.15, 0.2) is 18.5 Å². The lowest BCUT2D eigenvalue weighted by Gasteiger charge is -2.29. The summed E-state index contributed by atoms with van der Waals surface area (Å²) < 4.78 is 0. The maximum atomic E-state index is 4.22. The summed E-state index contributed by atoms with van der Waals surface area (Å²) in [6, 6.07) is 2.68. The molecule has 1 aromatic rings. The van der Waals surface area contributed by atoms with Crippen LogP contribution in [0.1, 0.15) is 32.6 Å². The molecule has 1 aromatic heterocycles. The van der Waals surface area contributed by atoms with Crippen molar-refractivity contribution in [2.75, 3.05) is 24.3 Å². The molecule has 0 spiro atoms. The van der Waals surface area contributed by atoms with Gasteiger partial charge in [-0.2, -0.15) is 0 Å². The molecule has 0 bridgehead atoms. The number of hydrogen-bond donors (Lipinski definition) is 1. The number of hydrogen-bond acceptors (Lipinski definition) is 3. The summed E-state index contributed by atoms with van der Waals surface area (Å²) in [4.78, 5) is 6.36. The second-order valence-corrected chi connectivity index (χ2v) is 5.40. The summed E-state index contributed by atoms with van der Waals surface area (Å²) in [7, 11) is 4.15. The van der Waals surface area contributed by atoms with Crippen molar-refractivity contribution in [3.63, 3.8) is 0 Å². The van der Waals surface area contributed by atoms with E-state index in [-0.39, 0.29) is 0 Å². The molecule has 2 atom stereocenters. The van der Waals surface area contributed by atoms with Gasteiger partial charge in [-0.3, -0.25) is 4.98 Å². The van der Waals surface area contributed by atoms with Gasteiger partial charge in [-0.15, -0.1) is 0 Å². The number of pyridine rings is 1. The van der Waals surface area contributed by atoms with Crippen molar-refractivity contribution in [3.8, 4) is 0 Å². The Labute approximate surface area is 104 Å². The molecular weight excluding hydrogens is 210 g/mol. The van der Waals surface area contributed by atoms with Crippen molar-refractivity contribution in [2.45, 2.75) is 38.6 Å². The molecule has 1 saturated carbocycles. The van der Waals surface area contributed by atoms with E-state index in [2.05, 4.69) is 42.3 Å². The molecule has 1 aliphatic rings. The van der Waals surface area contributed by atoms with Crippen molar-refractivity contribution in [1.29, 1.82) is 0 Å². The van der Waals surface area contributed by atoms with Gasteiger partial charge in [0.25, 0.3) is 0 Å². The minimum atomic E-state index is 0.613. The molecule has 1 fully saturated rings. The van der Waals surface area contributed by atoms with Crippen LogP contribution in [0.2, 0.25) is 0 Å². The van der Waals surface area contributed by atoms with E-state index in [0.29, 0.717) is 6.04 Å². The Morgan fingerprint density at radius 2 is 2.18 bits per heavy atom. The van der Waals surface area contributed by atoms with Gasteiger partial charge in [0.1, 0.15) is 0 Å². The summed E-state index contributed by atoms with van der Waals surface area (Å²) in [6.07, 6.45) is 9.08. The third-order valence-corrected chi connectivity index (χ3v) is 3.58. The normalized spacial score (nSPS) is 24.4. The second kappa shape index (κ2) is 5.39. The van der Waals surface area contributed by atoms with Crippen molar-refractivity contribution >= 4 is 11.4 Å². The first-order chi connectivity index (χ1) is 8.16. The molecule has 1 heterocycles. The fourth-order valence-electron chi connectivity index (χ4n) is 2.67. The first-order valence-electron chi connectivity index (χ1n) is 6.54. The van der Waals surface area contributed by atoms with E-state index in [9.17, 15) is 0 Å². The first kappa shape index (κ1) is 12.2. The molecular formula is C14H23N3. The lowest BCUT2D eigenvalue weighted by molar-refractivity contribution is 0.358. The van der Waals surface area contributed by atoms with Crippen LogP contribution in [0, 0.1) is 5.92 Å². The van der Waals surface area contributed by atoms with Gasteiger partial charge in [0.2, 0.25) is 0 Å². The molecule has 0 saturated heterocycles. The lowest BCUT2D eigenvalue weighted by Crippen LogP contribution is -2.27.